The van der Waals surface area contributed by atoms with Gasteiger partial charge in [0, 0.05) is 69.7 Å². The van der Waals surface area contributed by atoms with E-state index in [-0.39, 0.29) is 31.3 Å². The van der Waals surface area contributed by atoms with Crippen LogP contribution < -0.4 is 5.32 Å². The van der Waals surface area contributed by atoms with Crippen molar-refractivity contribution in [1.82, 2.24) is 24.0 Å². The van der Waals surface area contributed by atoms with Crippen molar-refractivity contribution in [2.24, 2.45) is 0 Å². The lowest BCUT2D eigenvalue weighted by Crippen LogP contribution is -2.52. The third kappa shape index (κ3) is 6.40. The fraction of sp³-hybridized carbons (Fsp3) is 0.607. The maximum absolute atomic E-state index is 13.6. The van der Waals surface area contributed by atoms with E-state index in [1.165, 1.54) is 10.4 Å². The molecular weight excluding hydrogens is 543 g/mol. The van der Waals surface area contributed by atoms with Crippen molar-refractivity contribution >= 4 is 15.9 Å². The van der Waals surface area contributed by atoms with Crippen LogP contribution in [-0.4, -0.2) is 84.9 Å². The number of nitrogens with zero attached hydrogens (tertiary/aromatic N) is 4. The predicted octanol–water partition coefficient (Wildman–Crippen LogP) is 3.71. The summed E-state index contributed by atoms with van der Waals surface area (Å²) in [7, 11) is -2.10. The van der Waals surface area contributed by atoms with Crippen LogP contribution in [0.25, 0.3) is 0 Å². The minimum atomic E-state index is -4.65. The lowest BCUT2D eigenvalue weighted by molar-refractivity contribution is -0.137. The fourth-order valence-electron chi connectivity index (χ4n) is 6.37. The summed E-state index contributed by atoms with van der Waals surface area (Å²) in [5.74, 6) is -0.121. The number of alkyl halides is 3. The first-order valence-electron chi connectivity index (χ1n) is 14.1. The summed E-state index contributed by atoms with van der Waals surface area (Å²) < 4.78 is 70.4. The third-order valence-corrected chi connectivity index (χ3v) is 10.5. The molecule has 220 valence electrons. The molecule has 1 aromatic carbocycles. The van der Waals surface area contributed by atoms with Gasteiger partial charge in [0.2, 0.25) is 15.9 Å². The van der Waals surface area contributed by atoms with E-state index in [1.807, 2.05) is 22.9 Å². The van der Waals surface area contributed by atoms with Gasteiger partial charge in [0.1, 0.15) is 0 Å². The highest BCUT2D eigenvalue weighted by Gasteiger charge is 2.39. The summed E-state index contributed by atoms with van der Waals surface area (Å²) in [4.78, 5) is 17.5. The van der Waals surface area contributed by atoms with Gasteiger partial charge in [0.25, 0.3) is 0 Å². The molecule has 3 aliphatic rings. The molecule has 1 aliphatic carbocycles. The number of carbonyl (C=O) groups is 1. The molecule has 2 aliphatic heterocycles. The zero-order valence-electron chi connectivity index (χ0n) is 22.8. The van der Waals surface area contributed by atoms with Crippen molar-refractivity contribution in [1.29, 1.82) is 0 Å². The molecule has 2 fully saturated rings. The second-order valence-electron chi connectivity index (χ2n) is 11.2. The van der Waals surface area contributed by atoms with Crippen molar-refractivity contribution < 1.29 is 26.4 Å². The number of hydrogen-bond donors (Lipinski definition) is 1. The molecule has 8 nitrogen and oxygen atoms in total. The highest BCUT2D eigenvalue weighted by Crippen LogP contribution is 2.37. The molecule has 3 heterocycles. The monoisotopic (exact) mass is 581 g/mol. The summed E-state index contributed by atoms with van der Waals surface area (Å²) in [6, 6.07) is 7.40. The molecule has 1 N–H and O–H groups in total. The number of amides is 1. The second kappa shape index (κ2) is 11.8. The zero-order valence-corrected chi connectivity index (χ0v) is 23.6. The fourth-order valence-corrected chi connectivity index (χ4v) is 8.04. The first-order chi connectivity index (χ1) is 19.0. The minimum absolute atomic E-state index is 0.0890. The molecule has 3 atom stereocenters. The first kappa shape index (κ1) is 29.1. The molecule has 2 aromatic rings. The van der Waals surface area contributed by atoms with E-state index < -0.39 is 32.7 Å². The van der Waals surface area contributed by atoms with Gasteiger partial charge in [-0.3, -0.25) is 9.69 Å². The average molecular weight is 582 g/mol. The number of likely N-dealkylation sites (N-methyl/N-ethyl adjacent to an activating group) is 1. The normalized spacial score (nSPS) is 25.4. The summed E-state index contributed by atoms with van der Waals surface area (Å²) in [6.45, 7) is 4.69. The van der Waals surface area contributed by atoms with E-state index in [1.54, 1.807) is 0 Å². The van der Waals surface area contributed by atoms with Crippen LogP contribution in [-0.2, 0) is 27.5 Å². The van der Waals surface area contributed by atoms with Gasteiger partial charge in [0.15, 0.2) is 0 Å². The van der Waals surface area contributed by atoms with Crippen molar-refractivity contribution in [2.75, 3.05) is 39.8 Å². The number of nitrogens with one attached hydrogen (secondary N) is 1. The van der Waals surface area contributed by atoms with Crippen molar-refractivity contribution in [3.8, 4) is 0 Å². The van der Waals surface area contributed by atoms with E-state index in [4.69, 9.17) is 0 Å². The van der Waals surface area contributed by atoms with Crippen LogP contribution in [0.15, 0.2) is 47.5 Å². The van der Waals surface area contributed by atoms with Crippen LogP contribution in [0.2, 0.25) is 0 Å². The summed E-state index contributed by atoms with van der Waals surface area (Å²) in [6.07, 6.45) is 1.61. The number of piperazine rings is 1. The third-order valence-electron chi connectivity index (χ3n) is 8.59. The molecule has 1 saturated carbocycles. The number of benzene rings is 1. The van der Waals surface area contributed by atoms with Gasteiger partial charge in [-0.2, -0.15) is 17.5 Å². The molecule has 3 unspecified atom stereocenters. The Morgan fingerprint density at radius 1 is 1.02 bits per heavy atom. The molecule has 1 saturated heterocycles. The molecule has 0 spiro atoms. The molecule has 12 heteroatoms. The van der Waals surface area contributed by atoms with Crippen LogP contribution in [0.4, 0.5) is 13.2 Å². The predicted molar refractivity (Wildman–Crippen MR) is 145 cm³/mol. The number of sulfonamides is 1. The number of aromatic nitrogens is 1. The SMILES string of the molecule is CN1CCN(C2CCCC(NC(=O)CCC3c4cccn4CCN3S(=O)(=O)c3cccc(C(F)(F)F)c3)C2)CC1. The van der Waals surface area contributed by atoms with Crippen LogP contribution >= 0.6 is 0 Å². The number of halogens is 3. The van der Waals surface area contributed by atoms with Gasteiger partial charge in [-0.1, -0.05) is 6.07 Å². The minimum Gasteiger partial charge on any atom is -0.353 e. The van der Waals surface area contributed by atoms with Crippen molar-refractivity contribution in [3.63, 3.8) is 0 Å². The van der Waals surface area contributed by atoms with Crippen molar-refractivity contribution in [2.45, 2.75) is 74.3 Å². The quantitative estimate of drug-likeness (QED) is 0.540. The second-order valence-corrected chi connectivity index (χ2v) is 13.1. The first-order valence-corrected chi connectivity index (χ1v) is 15.5. The molecule has 5 rings (SSSR count). The van der Waals surface area contributed by atoms with E-state index >= 15 is 0 Å². The molecule has 40 heavy (non-hydrogen) atoms. The topological polar surface area (TPSA) is 77.9 Å². The standard InChI is InChI=1S/C28H38F3N5O3S/c1-33-13-15-34(16-14-33)23-7-3-6-22(20-23)32-27(37)11-10-26-25-9-4-12-35(25)17-18-36(26)40(38,39)24-8-2-5-21(19-24)28(29,30)31/h2,4-5,8-9,12,19,22-23,26H,3,6-7,10-11,13-18,20H2,1H3,(H,32,37). The number of hydrogen-bond acceptors (Lipinski definition) is 5. The van der Waals surface area contributed by atoms with Gasteiger partial charge >= 0.3 is 6.18 Å². The van der Waals surface area contributed by atoms with Gasteiger partial charge < -0.3 is 14.8 Å². The average Bonchev–Trinajstić information content (AvgIpc) is 3.41. The van der Waals surface area contributed by atoms with Gasteiger partial charge in [-0.05, 0) is 69.5 Å². The van der Waals surface area contributed by atoms with Crippen LogP contribution in [0.3, 0.4) is 0 Å². The lowest BCUT2D eigenvalue weighted by atomic mass is 9.89. The van der Waals surface area contributed by atoms with Gasteiger partial charge in [0.05, 0.1) is 16.5 Å². The van der Waals surface area contributed by atoms with E-state index in [0.717, 1.165) is 69.7 Å². The number of rotatable bonds is 7. The van der Waals surface area contributed by atoms with Gasteiger partial charge in [-0.15, -0.1) is 0 Å². The number of fused-ring (bicyclic) bond motifs is 1. The Morgan fingerprint density at radius 2 is 1.80 bits per heavy atom. The lowest BCUT2D eigenvalue weighted by Gasteiger charge is -2.41. The maximum Gasteiger partial charge on any atom is 0.416 e. The summed E-state index contributed by atoms with van der Waals surface area (Å²) in [5.41, 5.74) is -0.269. The Kier molecular flexibility index (Phi) is 8.61. The van der Waals surface area contributed by atoms with E-state index in [2.05, 4.69) is 22.2 Å². The Labute approximate surface area is 234 Å². The van der Waals surface area contributed by atoms with E-state index in [0.29, 0.717) is 18.7 Å². The Morgan fingerprint density at radius 3 is 2.55 bits per heavy atom. The van der Waals surface area contributed by atoms with Gasteiger partial charge in [-0.25, -0.2) is 8.42 Å². The van der Waals surface area contributed by atoms with Crippen molar-refractivity contribution in [3.05, 3.63) is 53.9 Å². The molecule has 0 bridgehead atoms. The van der Waals surface area contributed by atoms with Crippen LogP contribution in [0.5, 0.6) is 0 Å². The Bertz CT molecular complexity index is 1290. The summed E-state index contributed by atoms with van der Waals surface area (Å²) in [5, 5.41) is 3.19. The molecule has 1 aromatic heterocycles. The maximum atomic E-state index is 13.6. The molecular formula is C28H38F3N5O3S. The Hall–Kier alpha value is -2.41. The van der Waals surface area contributed by atoms with E-state index in [9.17, 15) is 26.4 Å². The number of carbonyl (C=O) groups excluding carboxylic acids is 1. The molecule has 1 amide bonds. The highest BCUT2D eigenvalue weighted by atomic mass is 32.2. The molecule has 0 radical (unpaired) electrons. The highest BCUT2D eigenvalue weighted by molar-refractivity contribution is 7.89. The smallest absolute Gasteiger partial charge is 0.353 e. The largest absolute Gasteiger partial charge is 0.416 e. The zero-order chi connectivity index (χ0) is 28.5. The van der Waals surface area contributed by atoms with Crippen LogP contribution in [0, 0.1) is 0 Å². The van der Waals surface area contributed by atoms with Crippen LogP contribution in [0.1, 0.15) is 55.8 Å². The Balaban J connectivity index is 1.26. The summed E-state index contributed by atoms with van der Waals surface area (Å²) >= 11 is 0.